The minimum atomic E-state index is -4.46. The number of thiophene rings is 1. The lowest BCUT2D eigenvalue weighted by molar-refractivity contribution is 0.0922. The number of aromatic hydroxyl groups is 1. The van der Waals surface area contributed by atoms with Crippen LogP contribution in [0.3, 0.4) is 0 Å². The molecule has 1 aromatic carbocycles. The molecule has 2 heterocycles. The van der Waals surface area contributed by atoms with Crippen LogP contribution < -0.4 is 9.47 Å². The van der Waals surface area contributed by atoms with Crippen LogP contribution in [0.4, 0.5) is 0 Å². The third-order valence-electron chi connectivity index (χ3n) is 3.12. The zero-order chi connectivity index (χ0) is 15.0. The monoisotopic (exact) mass is 328 g/mol. The summed E-state index contributed by atoms with van der Waals surface area (Å²) >= 11 is 1.46. The van der Waals surface area contributed by atoms with Crippen LogP contribution >= 0.6 is 11.3 Å². The Morgan fingerprint density at radius 1 is 1.29 bits per heavy atom. The van der Waals surface area contributed by atoms with E-state index in [0.29, 0.717) is 23.7 Å². The summed E-state index contributed by atoms with van der Waals surface area (Å²) in [5, 5.41) is 13.6. The van der Waals surface area contributed by atoms with Crippen molar-refractivity contribution in [1.29, 1.82) is 0 Å². The van der Waals surface area contributed by atoms with Crippen LogP contribution in [-0.4, -0.2) is 30.8 Å². The van der Waals surface area contributed by atoms with Gasteiger partial charge in [-0.05, 0) is 11.6 Å². The average molecular weight is 328 g/mol. The maximum absolute atomic E-state index is 11.2. The third-order valence-corrected chi connectivity index (χ3v) is 4.70. The molecule has 1 atom stereocenters. The predicted molar refractivity (Wildman–Crippen MR) is 75.9 cm³/mol. The molecule has 21 heavy (non-hydrogen) atoms. The lowest BCUT2D eigenvalue weighted by Crippen LogP contribution is -2.30. The molecule has 1 aliphatic heterocycles. The van der Waals surface area contributed by atoms with Crippen molar-refractivity contribution in [3.63, 3.8) is 0 Å². The number of phenolic OH excluding ortho intramolecular Hbond substituents is 1. The Morgan fingerprint density at radius 2 is 2.05 bits per heavy atom. The molecule has 1 aromatic heterocycles. The van der Waals surface area contributed by atoms with E-state index in [9.17, 15) is 13.5 Å². The fourth-order valence-electron chi connectivity index (χ4n) is 2.15. The van der Waals surface area contributed by atoms with Crippen LogP contribution in [0, 0.1) is 0 Å². The van der Waals surface area contributed by atoms with E-state index in [0.717, 1.165) is 6.07 Å². The van der Waals surface area contributed by atoms with Crippen molar-refractivity contribution >= 4 is 21.5 Å². The van der Waals surface area contributed by atoms with Gasteiger partial charge in [-0.25, -0.2) is 0 Å². The standard InChI is InChI=1S/C13H12O6S2/c14-13-8(2-1-3-12(13)21(15,16)17)4-9-5-18-10-6-20-7-11(10)19-9/h1-3,6-7,9,14H,4-5H2,(H,15,16,17). The molecule has 0 bridgehead atoms. The molecule has 0 saturated heterocycles. The van der Waals surface area contributed by atoms with Crippen LogP contribution in [0.5, 0.6) is 17.2 Å². The van der Waals surface area contributed by atoms with Crippen LogP contribution in [0.1, 0.15) is 5.56 Å². The van der Waals surface area contributed by atoms with Gasteiger partial charge in [-0.2, -0.15) is 8.42 Å². The summed E-state index contributed by atoms with van der Waals surface area (Å²) in [6.07, 6.45) is -0.0700. The molecule has 0 amide bonds. The van der Waals surface area contributed by atoms with Crippen LogP contribution in [0.2, 0.25) is 0 Å². The number of phenols is 1. The highest BCUT2D eigenvalue weighted by atomic mass is 32.2. The average Bonchev–Trinajstić information content (AvgIpc) is 2.87. The first-order valence-corrected chi connectivity index (χ1v) is 8.47. The molecule has 0 aliphatic carbocycles. The van der Waals surface area contributed by atoms with Crippen molar-refractivity contribution < 1.29 is 27.6 Å². The number of para-hydroxylation sites is 1. The predicted octanol–water partition coefficient (Wildman–Crippen LogP) is 2.08. The Labute approximate surface area is 125 Å². The lowest BCUT2D eigenvalue weighted by atomic mass is 10.1. The van der Waals surface area contributed by atoms with Crippen LogP contribution in [-0.2, 0) is 16.5 Å². The van der Waals surface area contributed by atoms with Crippen molar-refractivity contribution in [1.82, 2.24) is 0 Å². The number of hydrogen-bond donors (Lipinski definition) is 2. The SMILES string of the molecule is O=S(=O)(O)c1cccc(CC2COc3cscc3O2)c1O. The van der Waals surface area contributed by atoms with E-state index in [2.05, 4.69) is 0 Å². The molecule has 8 heteroatoms. The molecule has 0 saturated carbocycles. The molecule has 2 N–H and O–H groups in total. The van der Waals surface area contributed by atoms with E-state index >= 15 is 0 Å². The smallest absolute Gasteiger partial charge is 0.298 e. The van der Waals surface area contributed by atoms with E-state index in [1.165, 1.54) is 17.4 Å². The van der Waals surface area contributed by atoms with Gasteiger partial charge in [-0.3, -0.25) is 4.55 Å². The molecule has 0 radical (unpaired) electrons. The van der Waals surface area contributed by atoms with Gasteiger partial charge in [0.2, 0.25) is 0 Å². The second kappa shape index (κ2) is 5.21. The Morgan fingerprint density at radius 3 is 2.81 bits per heavy atom. The molecule has 0 spiro atoms. The van der Waals surface area contributed by atoms with Crippen LogP contribution in [0.15, 0.2) is 33.9 Å². The number of rotatable bonds is 3. The normalized spacial score (nSPS) is 17.7. The van der Waals surface area contributed by atoms with Gasteiger partial charge < -0.3 is 14.6 Å². The van der Waals surface area contributed by atoms with Gasteiger partial charge in [0.25, 0.3) is 10.1 Å². The first-order valence-electron chi connectivity index (χ1n) is 6.09. The van der Waals surface area contributed by atoms with E-state index < -0.39 is 20.8 Å². The number of ether oxygens (including phenoxy) is 2. The molecule has 1 unspecified atom stereocenters. The fourth-order valence-corrected chi connectivity index (χ4v) is 3.44. The van der Waals surface area contributed by atoms with E-state index in [1.54, 1.807) is 6.07 Å². The summed E-state index contributed by atoms with van der Waals surface area (Å²) in [4.78, 5) is -0.507. The maximum atomic E-state index is 11.2. The Bertz CT molecular complexity index is 765. The first-order chi connectivity index (χ1) is 9.95. The van der Waals surface area contributed by atoms with Gasteiger partial charge >= 0.3 is 0 Å². The third kappa shape index (κ3) is 2.82. The summed E-state index contributed by atoms with van der Waals surface area (Å²) in [6, 6.07) is 4.18. The molecule has 112 valence electrons. The molecule has 6 nitrogen and oxygen atoms in total. The zero-order valence-corrected chi connectivity index (χ0v) is 12.4. The summed E-state index contributed by atoms with van der Waals surface area (Å²) in [6.45, 7) is 0.305. The first kappa shape index (κ1) is 14.2. The van der Waals surface area contributed by atoms with Gasteiger partial charge in [-0.15, -0.1) is 11.3 Å². The minimum absolute atomic E-state index is 0.268. The zero-order valence-electron chi connectivity index (χ0n) is 10.7. The summed E-state index contributed by atoms with van der Waals surface area (Å²) in [5.74, 6) is 0.869. The van der Waals surface area contributed by atoms with Crippen molar-refractivity contribution in [3.05, 3.63) is 34.5 Å². The maximum Gasteiger partial charge on any atom is 0.298 e. The van der Waals surface area contributed by atoms with E-state index in [-0.39, 0.29) is 12.5 Å². The Kier molecular flexibility index (Phi) is 3.52. The van der Waals surface area contributed by atoms with Crippen molar-refractivity contribution in [2.45, 2.75) is 17.4 Å². The van der Waals surface area contributed by atoms with Gasteiger partial charge in [0, 0.05) is 17.2 Å². The number of fused-ring (bicyclic) bond motifs is 1. The highest BCUT2D eigenvalue weighted by Gasteiger charge is 2.25. The van der Waals surface area contributed by atoms with Gasteiger partial charge in [-0.1, -0.05) is 12.1 Å². The van der Waals surface area contributed by atoms with Crippen molar-refractivity contribution in [2.75, 3.05) is 6.61 Å². The van der Waals surface area contributed by atoms with Crippen molar-refractivity contribution in [2.24, 2.45) is 0 Å². The van der Waals surface area contributed by atoms with Gasteiger partial charge in [0.05, 0.1) is 0 Å². The molecule has 1 aliphatic rings. The summed E-state index contributed by atoms with van der Waals surface area (Å²) in [5.41, 5.74) is 0.373. The second-order valence-electron chi connectivity index (χ2n) is 4.59. The number of hydrogen-bond acceptors (Lipinski definition) is 6. The molecular formula is C13H12O6S2. The highest BCUT2D eigenvalue weighted by Crippen LogP contribution is 2.36. The summed E-state index contributed by atoms with van der Waals surface area (Å²) in [7, 11) is -4.46. The minimum Gasteiger partial charge on any atom is -0.506 e. The molecule has 3 rings (SSSR count). The van der Waals surface area contributed by atoms with E-state index in [4.69, 9.17) is 14.0 Å². The second-order valence-corrected chi connectivity index (χ2v) is 6.73. The topological polar surface area (TPSA) is 93.1 Å². The summed E-state index contributed by atoms with van der Waals surface area (Å²) < 4.78 is 42.6. The number of benzene rings is 1. The molecule has 0 fully saturated rings. The van der Waals surface area contributed by atoms with Crippen molar-refractivity contribution in [3.8, 4) is 17.2 Å². The van der Waals surface area contributed by atoms with Gasteiger partial charge in [0.15, 0.2) is 11.5 Å². The lowest BCUT2D eigenvalue weighted by Gasteiger charge is -2.24. The molecule has 2 aromatic rings. The molecular weight excluding hydrogens is 316 g/mol. The fraction of sp³-hybridized carbons (Fsp3) is 0.231. The Balaban J connectivity index is 1.84. The Hall–Kier alpha value is -1.77. The highest BCUT2D eigenvalue weighted by molar-refractivity contribution is 7.86. The largest absolute Gasteiger partial charge is 0.506 e. The van der Waals surface area contributed by atoms with Crippen LogP contribution in [0.25, 0.3) is 0 Å². The quantitative estimate of drug-likeness (QED) is 0.838. The van der Waals surface area contributed by atoms with E-state index in [1.807, 2.05) is 10.8 Å². The van der Waals surface area contributed by atoms with Gasteiger partial charge in [0.1, 0.15) is 23.4 Å².